The molecule has 27 heavy (non-hydrogen) atoms. The number of aryl methyl sites for hydroxylation is 1. The van der Waals surface area contributed by atoms with E-state index in [9.17, 15) is 9.59 Å². The van der Waals surface area contributed by atoms with E-state index in [1.165, 1.54) is 28.8 Å². The van der Waals surface area contributed by atoms with Crippen LogP contribution in [0.1, 0.15) is 31.4 Å². The lowest BCUT2D eigenvalue weighted by Gasteiger charge is -2.34. The normalized spacial score (nSPS) is 16.3. The minimum Gasteiger partial charge on any atom is -0.467 e. The molecule has 1 saturated heterocycles. The van der Waals surface area contributed by atoms with E-state index in [2.05, 4.69) is 42.3 Å². The van der Waals surface area contributed by atoms with Crippen LogP contribution < -0.4 is 15.1 Å². The molecule has 1 aromatic carbocycles. The molecule has 0 unspecified atom stereocenters. The van der Waals surface area contributed by atoms with Gasteiger partial charge in [-0.3, -0.25) is 4.79 Å². The summed E-state index contributed by atoms with van der Waals surface area (Å²) in [6.45, 7) is 12.4. The van der Waals surface area contributed by atoms with Gasteiger partial charge in [0.15, 0.2) is 6.54 Å². The van der Waals surface area contributed by atoms with Crippen molar-refractivity contribution in [3.8, 4) is 0 Å². The number of carbonyl (C=O) groups excluding carboxylic acids is 2. The van der Waals surface area contributed by atoms with E-state index in [1.807, 2.05) is 13.8 Å². The largest absolute Gasteiger partial charge is 0.467 e. The number of ether oxygens (including phenoxy) is 1. The van der Waals surface area contributed by atoms with Gasteiger partial charge in [-0.1, -0.05) is 26.0 Å². The number of anilines is 1. The molecule has 1 heterocycles. The summed E-state index contributed by atoms with van der Waals surface area (Å²) in [6, 6.07) is 5.86. The van der Waals surface area contributed by atoms with Crippen LogP contribution in [0.25, 0.3) is 0 Å². The van der Waals surface area contributed by atoms with Gasteiger partial charge in [-0.05, 0) is 43.4 Å². The number of hydrogen-bond acceptors (Lipinski definition) is 4. The fourth-order valence-corrected chi connectivity index (χ4v) is 3.62. The Kier molecular flexibility index (Phi) is 7.66. The fourth-order valence-electron chi connectivity index (χ4n) is 3.62. The van der Waals surface area contributed by atoms with Gasteiger partial charge in [-0.15, -0.1) is 0 Å². The molecule has 0 aromatic heterocycles. The van der Waals surface area contributed by atoms with Crippen molar-refractivity contribution in [2.75, 3.05) is 44.7 Å². The van der Waals surface area contributed by atoms with E-state index >= 15 is 0 Å². The Balaban J connectivity index is 1.86. The van der Waals surface area contributed by atoms with Gasteiger partial charge in [0.25, 0.3) is 5.91 Å². The molecule has 1 aliphatic rings. The summed E-state index contributed by atoms with van der Waals surface area (Å²) in [5.41, 5.74) is 3.93. The summed E-state index contributed by atoms with van der Waals surface area (Å²) in [5, 5.41) is 2.86. The number of carbonyl (C=O) groups is 2. The van der Waals surface area contributed by atoms with Gasteiger partial charge in [0.1, 0.15) is 6.04 Å². The van der Waals surface area contributed by atoms with Gasteiger partial charge in [0, 0.05) is 5.69 Å². The van der Waals surface area contributed by atoms with E-state index in [0.29, 0.717) is 18.9 Å². The molecule has 1 aliphatic heterocycles. The number of rotatable bonds is 7. The molecule has 0 bridgehead atoms. The van der Waals surface area contributed by atoms with Crippen LogP contribution in [0.3, 0.4) is 0 Å². The van der Waals surface area contributed by atoms with E-state index in [1.54, 1.807) is 0 Å². The maximum Gasteiger partial charge on any atom is 0.328 e. The van der Waals surface area contributed by atoms with Gasteiger partial charge in [-0.2, -0.15) is 0 Å². The Morgan fingerprint density at radius 3 is 2.48 bits per heavy atom. The number of benzene rings is 1. The second-order valence-corrected chi connectivity index (χ2v) is 7.91. The molecule has 1 fully saturated rings. The van der Waals surface area contributed by atoms with Gasteiger partial charge in [-0.25, -0.2) is 4.79 Å². The molecule has 6 heteroatoms. The number of hydrogen-bond donors (Lipinski definition) is 2. The van der Waals surface area contributed by atoms with Crippen LogP contribution in [-0.4, -0.2) is 57.8 Å². The Bertz CT molecular complexity index is 652. The van der Waals surface area contributed by atoms with Gasteiger partial charge >= 0.3 is 5.97 Å². The monoisotopic (exact) mass is 376 g/mol. The molecule has 2 rings (SSSR count). The second-order valence-electron chi connectivity index (χ2n) is 7.91. The third kappa shape index (κ3) is 5.96. The van der Waals surface area contributed by atoms with Gasteiger partial charge in [0.05, 0.1) is 33.3 Å². The molecule has 1 atom stereocenters. The summed E-state index contributed by atoms with van der Waals surface area (Å²) in [6.07, 6.45) is 0.591. The van der Waals surface area contributed by atoms with Crippen LogP contribution in [0, 0.1) is 19.8 Å². The summed E-state index contributed by atoms with van der Waals surface area (Å²) < 4.78 is 4.82. The Morgan fingerprint density at radius 2 is 1.89 bits per heavy atom. The molecule has 150 valence electrons. The predicted molar refractivity (Wildman–Crippen MR) is 107 cm³/mol. The zero-order chi connectivity index (χ0) is 20.0. The van der Waals surface area contributed by atoms with Crippen LogP contribution in [-0.2, 0) is 14.3 Å². The maximum absolute atomic E-state index is 12.4. The van der Waals surface area contributed by atoms with E-state index in [4.69, 9.17) is 4.74 Å². The van der Waals surface area contributed by atoms with Crippen LogP contribution >= 0.6 is 0 Å². The molecule has 1 amide bonds. The molecule has 0 saturated carbocycles. The topological polar surface area (TPSA) is 63.1 Å². The Hall–Kier alpha value is -2.08. The van der Waals surface area contributed by atoms with Crippen molar-refractivity contribution in [1.82, 2.24) is 5.32 Å². The molecule has 6 nitrogen and oxygen atoms in total. The minimum absolute atomic E-state index is 0.0822. The highest BCUT2D eigenvalue weighted by Gasteiger charge is 2.27. The predicted octanol–water partition coefficient (Wildman–Crippen LogP) is 0.712. The minimum atomic E-state index is -0.557. The van der Waals surface area contributed by atoms with Gasteiger partial charge < -0.3 is 19.9 Å². The Morgan fingerprint density at radius 1 is 1.22 bits per heavy atom. The number of nitrogens with zero attached hydrogens (tertiary/aromatic N) is 1. The average molecular weight is 377 g/mol. The average Bonchev–Trinajstić information content (AvgIpc) is 2.63. The SMILES string of the molecule is COC(=O)[C@H](CC(C)C)NC(=O)C[NH+]1CCN(c2cccc(C)c2C)CC1. The number of piperazine rings is 1. The number of esters is 1. The third-order valence-electron chi connectivity index (χ3n) is 5.33. The number of nitrogens with one attached hydrogen (secondary N) is 2. The summed E-state index contributed by atoms with van der Waals surface area (Å²) in [5.74, 6) is -0.143. The molecule has 0 radical (unpaired) electrons. The lowest BCUT2D eigenvalue weighted by molar-refractivity contribution is -0.892. The molecular weight excluding hydrogens is 342 g/mol. The molecule has 1 aromatic rings. The molecular formula is C21H34N3O3+. The zero-order valence-corrected chi connectivity index (χ0v) is 17.3. The first kappa shape index (κ1) is 21.2. The highest BCUT2D eigenvalue weighted by molar-refractivity contribution is 5.84. The van der Waals surface area contributed by atoms with Crippen molar-refractivity contribution in [2.45, 2.75) is 40.2 Å². The number of amides is 1. The maximum atomic E-state index is 12.4. The molecule has 2 N–H and O–H groups in total. The lowest BCUT2D eigenvalue weighted by atomic mass is 10.0. The van der Waals surface area contributed by atoms with Crippen LogP contribution in [0.5, 0.6) is 0 Å². The summed E-state index contributed by atoms with van der Waals surface area (Å²) >= 11 is 0. The van der Waals surface area contributed by atoms with Crippen molar-refractivity contribution in [1.29, 1.82) is 0 Å². The number of methoxy groups -OCH3 is 1. The standard InChI is InChI=1S/C21H33N3O3/c1-15(2)13-18(21(26)27-5)22-20(25)14-23-9-11-24(12-10-23)19-8-6-7-16(3)17(19)4/h6-8,15,18H,9-14H2,1-5H3,(H,22,25)/p+1/t18-/m0/s1. The summed E-state index contributed by atoms with van der Waals surface area (Å²) in [4.78, 5) is 28.0. The number of quaternary nitrogens is 1. The first-order valence-corrected chi connectivity index (χ1v) is 9.83. The second kappa shape index (κ2) is 9.74. The van der Waals surface area contributed by atoms with Crippen molar-refractivity contribution in [3.05, 3.63) is 29.3 Å². The third-order valence-corrected chi connectivity index (χ3v) is 5.33. The lowest BCUT2D eigenvalue weighted by Crippen LogP contribution is -3.16. The first-order valence-electron chi connectivity index (χ1n) is 9.83. The van der Waals surface area contributed by atoms with E-state index in [-0.39, 0.29) is 11.9 Å². The van der Waals surface area contributed by atoms with E-state index < -0.39 is 6.04 Å². The molecule has 0 aliphatic carbocycles. The first-order chi connectivity index (χ1) is 12.8. The smallest absolute Gasteiger partial charge is 0.328 e. The highest BCUT2D eigenvalue weighted by atomic mass is 16.5. The quantitative estimate of drug-likeness (QED) is 0.688. The van der Waals surface area contributed by atoms with Crippen molar-refractivity contribution in [3.63, 3.8) is 0 Å². The van der Waals surface area contributed by atoms with Gasteiger partial charge in [0.2, 0.25) is 0 Å². The van der Waals surface area contributed by atoms with Crippen LogP contribution in [0.15, 0.2) is 18.2 Å². The van der Waals surface area contributed by atoms with Crippen molar-refractivity contribution < 1.29 is 19.2 Å². The van der Waals surface area contributed by atoms with Crippen molar-refractivity contribution >= 4 is 17.6 Å². The molecule has 0 spiro atoms. The Labute approximate surface area is 162 Å². The van der Waals surface area contributed by atoms with Crippen LogP contribution in [0.2, 0.25) is 0 Å². The zero-order valence-electron chi connectivity index (χ0n) is 17.3. The highest BCUT2D eigenvalue weighted by Crippen LogP contribution is 2.22. The van der Waals surface area contributed by atoms with E-state index in [0.717, 1.165) is 26.2 Å². The van der Waals surface area contributed by atoms with Crippen LogP contribution in [0.4, 0.5) is 5.69 Å². The fraction of sp³-hybridized carbons (Fsp3) is 0.619. The summed E-state index contributed by atoms with van der Waals surface area (Å²) in [7, 11) is 1.36. The van der Waals surface area contributed by atoms with Crippen molar-refractivity contribution in [2.24, 2.45) is 5.92 Å².